The highest BCUT2D eigenvalue weighted by Gasteiger charge is 2.30. The normalized spacial score (nSPS) is 22.8. The van der Waals surface area contributed by atoms with Crippen molar-refractivity contribution in [2.75, 3.05) is 26.2 Å². The first-order valence-electron chi connectivity index (χ1n) is 9.39. The van der Waals surface area contributed by atoms with Crippen molar-refractivity contribution >= 4 is 24.2 Å². The summed E-state index contributed by atoms with van der Waals surface area (Å²) in [7, 11) is 0. The number of benzene rings is 1. The van der Waals surface area contributed by atoms with E-state index >= 15 is 0 Å². The second-order valence-corrected chi connectivity index (χ2v) is 7.48. The van der Waals surface area contributed by atoms with Crippen LogP contribution in [0.3, 0.4) is 0 Å². The largest absolute Gasteiger partial charge is 0.339 e. The Kier molecular flexibility index (Phi) is 7.47. The van der Waals surface area contributed by atoms with E-state index in [4.69, 9.17) is 5.73 Å². The zero-order chi connectivity index (χ0) is 17.8. The summed E-state index contributed by atoms with van der Waals surface area (Å²) in [5.41, 5.74) is 8.32. The molecule has 2 amide bonds. The van der Waals surface area contributed by atoms with Gasteiger partial charge in [0, 0.05) is 38.6 Å². The average Bonchev–Trinajstić information content (AvgIpc) is 3.02. The van der Waals surface area contributed by atoms with Gasteiger partial charge in [0.25, 0.3) is 0 Å². The van der Waals surface area contributed by atoms with Crippen molar-refractivity contribution < 1.29 is 9.59 Å². The lowest BCUT2D eigenvalue weighted by molar-refractivity contribution is -0.139. The van der Waals surface area contributed by atoms with Crippen LogP contribution < -0.4 is 5.73 Å². The molecule has 6 heteroatoms. The number of rotatable bonds is 4. The number of piperazine rings is 1. The van der Waals surface area contributed by atoms with Crippen LogP contribution >= 0.6 is 12.4 Å². The van der Waals surface area contributed by atoms with Crippen molar-refractivity contribution in [3.63, 3.8) is 0 Å². The van der Waals surface area contributed by atoms with Crippen molar-refractivity contribution in [3.8, 4) is 0 Å². The second kappa shape index (κ2) is 9.38. The monoisotopic (exact) mass is 379 g/mol. The van der Waals surface area contributed by atoms with E-state index in [0.717, 1.165) is 24.8 Å². The molecule has 0 unspecified atom stereocenters. The summed E-state index contributed by atoms with van der Waals surface area (Å²) in [6, 6.07) is 8.27. The van der Waals surface area contributed by atoms with Gasteiger partial charge in [-0.2, -0.15) is 0 Å². The van der Waals surface area contributed by atoms with Crippen LogP contribution in [0.2, 0.25) is 0 Å². The standard InChI is InChI=1S/C20H29N3O2.ClH/c1-15-5-7-16(8-6-15)13-19(24)22-9-11-23(12-10-22)20(25)14-17-3-2-4-18(17)21;/h5-8,17-18H,2-4,9-14,21H2,1H3;1H/t17-,18+;/m0./s1. The van der Waals surface area contributed by atoms with Crippen molar-refractivity contribution in [2.45, 2.75) is 45.1 Å². The van der Waals surface area contributed by atoms with E-state index in [1.807, 2.05) is 41.0 Å². The van der Waals surface area contributed by atoms with Crippen molar-refractivity contribution in [3.05, 3.63) is 35.4 Å². The number of halogens is 1. The summed E-state index contributed by atoms with van der Waals surface area (Å²) in [6.45, 7) is 4.58. The Balaban J connectivity index is 0.00000243. The fourth-order valence-corrected chi connectivity index (χ4v) is 3.87. The van der Waals surface area contributed by atoms with Crippen LogP contribution in [0.4, 0.5) is 0 Å². The van der Waals surface area contributed by atoms with E-state index in [9.17, 15) is 9.59 Å². The topological polar surface area (TPSA) is 66.6 Å². The lowest BCUT2D eigenvalue weighted by atomic mass is 9.99. The maximum atomic E-state index is 12.5. The first kappa shape index (κ1) is 20.7. The molecular formula is C20H30ClN3O2. The molecule has 2 atom stereocenters. The lowest BCUT2D eigenvalue weighted by Gasteiger charge is -2.35. The maximum Gasteiger partial charge on any atom is 0.227 e. The molecule has 2 aliphatic rings. The quantitative estimate of drug-likeness (QED) is 0.871. The number of aryl methyl sites for hydroxylation is 1. The molecule has 0 aromatic heterocycles. The summed E-state index contributed by atoms with van der Waals surface area (Å²) in [5, 5.41) is 0. The molecule has 1 aliphatic carbocycles. The minimum Gasteiger partial charge on any atom is -0.339 e. The highest BCUT2D eigenvalue weighted by atomic mass is 35.5. The molecule has 3 rings (SSSR count). The molecular weight excluding hydrogens is 350 g/mol. The molecule has 5 nitrogen and oxygen atoms in total. The Morgan fingerprint density at radius 3 is 2.12 bits per heavy atom. The van der Waals surface area contributed by atoms with Crippen molar-refractivity contribution in [1.82, 2.24) is 9.80 Å². The molecule has 1 saturated heterocycles. The van der Waals surface area contributed by atoms with E-state index in [-0.39, 0.29) is 30.3 Å². The third-order valence-electron chi connectivity index (χ3n) is 5.62. The number of nitrogens with two attached hydrogens (primary N) is 1. The molecule has 1 aliphatic heterocycles. The van der Waals surface area contributed by atoms with Crippen LogP contribution in [0.1, 0.15) is 36.8 Å². The molecule has 144 valence electrons. The van der Waals surface area contributed by atoms with E-state index < -0.39 is 0 Å². The Morgan fingerprint density at radius 1 is 1.00 bits per heavy atom. The van der Waals surface area contributed by atoms with Crippen LogP contribution in [0.5, 0.6) is 0 Å². The van der Waals surface area contributed by atoms with Gasteiger partial charge in [-0.05, 0) is 31.2 Å². The molecule has 1 saturated carbocycles. The van der Waals surface area contributed by atoms with Crippen LogP contribution in [0.15, 0.2) is 24.3 Å². The Labute approximate surface area is 162 Å². The molecule has 1 aromatic rings. The van der Waals surface area contributed by atoms with E-state index in [1.165, 1.54) is 5.56 Å². The predicted octanol–water partition coefficient (Wildman–Crippen LogP) is 2.15. The number of carbonyl (C=O) groups excluding carboxylic acids is 2. The maximum absolute atomic E-state index is 12.5. The average molecular weight is 380 g/mol. The Bertz CT molecular complexity index is 612. The molecule has 26 heavy (non-hydrogen) atoms. The van der Waals surface area contributed by atoms with Gasteiger partial charge in [-0.25, -0.2) is 0 Å². The molecule has 2 N–H and O–H groups in total. The van der Waals surface area contributed by atoms with Crippen LogP contribution in [0, 0.1) is 12.8 Å². The fourth-order valence-electron chi connectivity index (χ4n) is 3.87. The zero-order valence-corrected chi connectivity index (χ0v) is 16.3. The number of hydrogen-bond acceptors (Lipinski definition) is 3. The molecule has 0 radical (unpaired) electrons. The first-order valence-corrected chi connectivity index (χ1v) is 9.39. The highest BCUT2D eigenvalue weighted by molar-refractivity contribution is 5.85. The zero-order valence-electron chi connectivity index (χ0n) is 15.5. The minimum absolute atomic E-state index is 0. The van der Waals surface area contributed by atoms with Crippen LogP contribution in [-0.2, 0) is 16.0 Å². The summed E-state index contributed by atoms with van der Waals surface area (Å²) in [4.78, 5) is 28.7. The first-order chi connectivity index (χ1) is 12.0. The third kappa shape index (κ3) is 5.21. The fraction of sp³-hybridized carbons (Fsp3) is 0.600. The van der Waals surface area contributed by atoms with E-state index in [0.29, 0.717) is 44.9 Å². The highest BCUT2D eigenvalue weighted by Crippen LogP contribution is 2.27. The number of nitrogens with zero attached hydrogens (tertiary/aromatic N) is 2. The summed E-state index contributed by atoms with van der Waals surface area (Å²) >= 11 is 0. The Morgan fingerprint density at radius 2 is 1.58 bits per heavy atom. The van der Waals surface area contributed by atoms with Gasteiger partial charge in [0.05, 0.1) is 6.42 Å². The number of amides is 2. The van der Waals surface area contributed by atoms with Gasteiger partial charge in [-0.15, -0.1) is 12.4 Å². The van der Waals surface area contributed by atoms with E-state index in [2.05, 4.69) is 0 Å². The molecule has 0 bridgehead atoms. The van der Waals surface area contributed by atoms with Gasteiger partial charge in [0.2, 0.25) is 11.8 Å². The van der Waals surface area contributed by atoms with Gasteiger partial charge in [0.1, 0.15) is 0 Å². The Hall–Kier alpha value is -1.59. The number of hydrogen-bond donors (Lipinski definition) is 1. The van der Waals surface area contributed by atoms with Gasteiger partial charge >= 0.3 is 0 Å². The van der Waals surface area contributed by atoms with Crippen LogP contribution in [0.25, 0.3) is 0 Å². The van der Waals surface area contributed by atoms with Crippen molar-refractivity contribution in [2.24, 2.45) is 11.7 Å². The van der Waals surface area contributed by atoms with Gasteiger partial charge in [0.15, 0.2) is 0 Å². The molecule has 0 spiro atoms. The SMILES string of the molecule is Cc1ccc(CC(=O)N2CCN(C(=O)C[C@@H]3CCC[C@H]3N)CC2)cc1.Cl. The van der Waals surface area contributed by atoms with Gasteiger partial charge in [-0.3, -0.25) is 9.59 Å². The predicted molar refractivity (Wildman–Crippen MR) is 105 cm³/mol. The molecule has 2 fully saturated rings. The molecule has 1 heterocycles. The summed E-state index contributed by atoms with van der Waals surface area (Å²) < 4.78 is 0. The molecule has 1 aromatic carbocycles. The summed E-state index contributed by atoms with van der Waals surface area (Å²) in [5.74, 6) is 0.690. The van der Waals surface area contributed by atoms with Crippen LogP contribution in [-0.4, -0.2) is 53.8 Å². The van der Waals surface area contributed by atoms with Gasteiger partial charge in [-0.1, -0.05) is 36.2 Å². The lowest BCUT2D eigenvalue weighted by Crippen LogP contribution is -2.51. The third-order valence-corrected chi connectivity index (χ3v) is 5.62. The second-order valence-electron chi connectivity index (χ2n) is 7.48. The van der Waals surface area contributed by atoms with Crippen molar-refractivity contribution in [1.29, 1.82) is 0 Å². The number of carbonyl (C=O) groups is 2. The van der Waals surface area contributed by atoms with E-state index in [1.54, 1.807) is 0 Å². The van der Waals surface area contributed by atoms with Gasteiger partial charge < -0.3 is 15.5 Å². The smallest absolute Gasteiger partial charge is 0.227 e. The minimum atomic E-state index is 0. The summed E-state index contributed by atoms with van der Waals surface area (Å²) in [6.07, 6.45) is 4.26.